The van der Waals surface area contributed by atoms with Crippen LogP contribution in [-0.4, -0.2) is 24.2 Å². The number of rotatable bonds is 7. The van der Waals surface area contributed by atoms with Crippen molar-refractivity contribution in [1.29, 1.82) is 0 Å². The Morgan fingerprint density at radius 1 is 1.50 bits per heavy atom. The van der Waals surface area contributed by atoms with Gasteiger partial charge >= 0.3 is 0 Å². The average molecular weight is 317 g/mol. The molecule has 5 nitrogen and oxygen atoms in total. The number of benzene rings is 1. The molecule has 0 aliphatic carbocycles. The fraction of sp³-hybridized carbons (Fsp3) is 0.500. The monoisotopic (exact) mass is 316 g/mol. The first-order valence-electron chi connectivity index (χ1n) is 5.76. The van der Waals surface area contributed by atoms with Gasteiger partial charge in [0, 0.05) is 19.2 Å². The smallest absolute Gasteiger partial charge is 0.283 e. The molecule has 0 radical (unpaired) electrons. The van der Waals surface area contributed by atoms with Gasteiger partial charge in [-0.1, -0.05) is 6.07 Å². The minimum atomic E-state index is -0.393. The summed E-state index contributed by atoms with van der Waals surface area (Å²) in [6.07, 6.45) is 0.223. The zero-order valence-corrected chi connectivity index (χ0v) is 12.1. The summed E-state index contributed by atoms with van der Waals surface area (Å²) in [5.74, 6) is 0. The van der Waals surface area contributed by atoms with Gasteiger partial charge in [-0.15, -0.1) is 0 Å². The molecule has 0 atom stereocenters. The van der Waals surface area contributed by atoms with E-state index in [0.717, 1.165) is 12.1 Å². The second-order valence-electron chi connectivity index (χ2n) is 4.14. The Morgan fingerprint density at radius 2 is 2.22 bits per heavy atom. The van der Waals surface area contributed by atoms with Crippen LogP contribution >= 0.6 is 15.9 Å². The molecule has 1 aromatic rings. The highest BCUT2D eigenvalue weighted by atomic mass is 79.9. The molecule has 0 fully saturated rings. The van der Waals surface area contributed by atoms with E-state index in [1.807, 2.05) is 19.9 Å². The molecule has 6 heteroatoms. The van der Waals surface area contributed by atoms with Gasteiger partial charge in [0.25, 0.3) is 5.69 Å². The van der Waals surface area contributed by atoms with Crippen LogP contribution in [0.1, 0.15) is 19.4 Å². The van der Waals surface area contributed by atoms with Crippen LogP contribution in [0, 0.1) is 10.1 Å². The van der Waals surface area contributed by atoms with Crippen molar-refractivity contribution in [2.45, 2.75) is 26.5 Å². The molecule has 0 saturated heterocycles. The Labute approximate surface area is 115 Å². The van der Waals surface area contributed by atoms with Crippen molar-refractivity contribution >= 4 is 21.6 Å². The second-order valence-corrected chi connectivity index (χ2v) is 4.99. The van der Waals surface area contributed by atoms with Gasteiger partial charge in [0.15, 0.2) is 0 Å². The van der Waals surface area contributed by atoms with Crippen molar-refractivity contribution in [2.24, 2.45) is 0 Å². The fourth-order valence-corrected chi connectivity index (χ4v) is 1.80. The van der Waals surface area contributed by atoms with Crippen LogP contribution in [0.25, 0.3) is 0 Å². The standard InChI is InChI=1S/C12H17BrN2O3/c1-9(2)18-6-5-14-8-10-3-4-11(13)12(7-10)15(16)17/h3-4,7,9,14H,5-6,8H2,1-2H3. The van der Waals surface area contributed by atoms with Crippen molar-refractivity contribution in [2.75, 3.05) is 13.2 Å². The predicted octanol–water partition coefficient (Wildman–Crippen LogP) is 2.87. The number of nitrogens with one attached hydrogen (secondary N) is 1. The van der Waals surface area contributed by atoms with Gasteiger partial charge < -0.3 is 10.1 Å². The van der Waals surface area contributed by atoms with E-state index in [1.54, 1.807) is 12.1 Å². The Kier molecular flexibility index (Phi) is 6.24. The van der Waals surface area contributed by atoms with Crippen LogP contribution in [-0.2, 0) is 11.3 Å². The number of hydrogen-bond donors (Lipinski definition) is 1. The topological polar surface area (TPSA) is 64.4 Å². The van der Waals surface area contributed by atoms with Crippen molar-refractivity contribution < 1.29 is 9.66 Å². The zero-order chi connectivity index (χ0) is 13.5. The van der Waals surface area contributed by atoms with E-state index >= 15 is 0 Å². The Bertz CT molecular complexity index is 410. The van der Waals surface area contributed by atoms with Crippen LogP contribution in [0.15, 0.2) is 22.7 Å². The van der Waals surface area contributed by atoms with Crippen LogP contribution < -0.4 is 5.32 Å². The third kappa shape index (κ3) is 5.12. The lowest BCUT2D eigenvalue weighted by molar-refractivity contribution is -0.385. The summed E-state index contributed by atoms with van der Waals surface area (Å²) in [5.41, 5.74) is 0.974. The summed E-state index contributed by atoms with van der Waals surface area (Å²) in [4.78, 5) is 10.4. The average Bonchev–Trinajstić information content (AvgIpc) is 2.30. The molecule has 0 aliphatic rings. The lowest BCUT2D eigenvalue weighted by Gasteiger charge is -2.08. The molecule has 18 heavy (non-hydrogen) atoms. The fourth-order valence-electron chi connectivity index (χ4n) is 1.41. The molecule has 0 unspecified atom stereocenters. The molecular formula is C12H17BrN2O3. The maximum atomic E-state index is 10.8. The van der Waals surface area contributed by atoms with Gasteiger partial charge in [-0.25, -0.2) is 0 Å². The lowest BCUT2D eigenvalue weighted by atomic mass is 10.2. The molecule has 0 saturated carbocycles. The molecule has 0 amide bonds. The summed E-state index contributed by atoms with van der Waals surface area (Å²) in [6.45, 7) is 5.92. The molecule has 0 spiro atoms. The van der Waals surface area contributed by atoms with E-state index in [9.17, 15) is 10.1 Å². The zero-order valence-electron chi connectivity index (χ0n) is 10.5. The Hall–Kier alpha value is -0.980. The van der Waals surface area contributed by atoms with Crippen LogP contribution in [0.4, 0.5) is 5.69 Å². The molecule has 0 aromatic heterocycles. The van der Waals surface area contributed by atoms with E-state index in [-0.39, 0.29) is 11.8 Å². The summed E-state index contributed by atoms with van der Waals surface area (Å²) >= 11 is 3.16. The van der Waals surface area contributed by atoms with Gasteiger partial charge in [-0.2, -0.15) is 0 Å². The first kappa shape index (κ1) is 15.1. The first-order valence-corrected chi connectivity index (χ1v) is 6.55. The third-order valence-electron chi connectivity index (χ3n) is 2.27. The number of hydrogen-bond acceptors (Lipinski definition) is 4. The van der Waals surface area contributed by atoms with Gasteiger partial charge in [-0.05, 0) is 41.4 Å². The van der Waals surface area contributed by atoms with E-state index in [4.69, 9.17) is 4.74 Å². The molecule has 1 rings (SSSR count). The van der Waals surface area contributed by atoms with Crippen LogP contribution in [0.5, 0.6) is 0 Å². The van der Waals surface area contributed by atoms with E-state index < -0.39 is 4.92 Å². The van der Waals surface area contributed by atoms with E-state index in [0.29, 0.717) is 17.6 Å². The molecule has 0 heterocycles. The normalized spacial score (nSPS) is 10.9. The van der Waals surface area contributed by atoms with Crippen molar-refractivity contribution in [3.05, 3.63) is 38.3 Å². The van der Waals surface area contributed by atoms with Crippen LogP contribution in [0.3, 0.4) is 0 Å². The SMILES string of the molecule is CC(C)OCCNCc1ccc(Br)c([N+](=O)[O-])c1. The minimum absolute atomic E-state index is 0.0905. The number of halogens is 1. The van der Waals surface area contributed by atoms with E-state index in [1.165, 1.54) is 0 Å². The Morgan fingerprint density at radius 3 is 2.83 bits per heavy atom. The first-order chi connectivity index (χ1) is 8.50. The highest BCUT2D eigenvalue weighted by Gasteiger charge is 2.11. The predicted molar refractivity (Wildman–Crippen MR) is 73.6 cm³/mol. The number of ether oxygens (including phenoxy) is 1. The molecule has 0 aliphatic heterocycles. The number of nitro groups is 1. The van der Waals surface area contributed by atoms with E-state index in [2.05, 4.69) is 21.2 Å². The van der Waals surface area contributed by atoms with Gasteiger partial charge in [0.2, 0.25) is 0 Å². The third-order valence-corrected chi connectivity index (χ3v) is 2.94. The summed E-state index contributed by atoms with van der Waals surface area (Å²) in [6, 6.07) is 5.12. The maximum absolute atomic E-state index is 10.8. The summed E-state index contributed by atoms with van der Waals surface area (Å²) in [7, 11) is 0. The molecule has 100 valence electrons. The number of nitrogens with zero attached hydrogens (tertiary/aromatic N) is 1. The van der Waals surface area contributed by atoms with Gasteiger partial charge in [0.1, 0.15) is 0 Å². The molecule has 0 bridgehead atoms. The molecular weight excluding hydrogens is 300 g/mol. The lowest BCUT2D eigenvalue weighted by Crippen LogP contribution is -2.20. The summed E-state index contributed by atoms with van der Waals surface area (Å²) in [5, 5.41) is 13.9. The number of nitro benzene ring substituents is 1. The van der Waals surface area contributed by atoms with Gasteiger partial charge in [0.05, 0.1) is 22.1 Å². The van der Waals surface area contributed by atoms with Crippen molar-refractivity contribution in [3.63, 3.8) is 0 Å². The quantitative estimate of drug-likeness (QED) is 0.477. The summed E-state index contributed by atoms with van der Waals surface area (Å²) < 4.78 is 5.88. The highest BCUT2D eigenvalue weighted by molar-refractivity contribution is 9.10. The molecule has 1 aromatic carbocycles. The van der Waals surface area contributed by atoms with Crippen molar-refractivity contribution in [3.8, 4) is 0 Å². The molecule has 1 N–H and O–H groups in total. The van der Waals surface area contributed by atoms with Crippen LogP contribution in [0.2, 0.25) is 0 Å². The minimum Gasteiger partial charge on any atom is -0.377 e. The Balaban J connectivity index is 2.43. The largest absolute Gasteiger partial charge is 0.377 e. The van der Waals surface area contributed by atoms with Crippen molar-refractivity contribution in [1.82, 2.24) is 5.32 Å². The maximum Gasteiger partial charge on any atom is 0.283 e. The highest BCUT2D eigenvalue weighted by Crippen LogP contribution is 2.25. The van der Waals surface area contributed by atoms with Gasteiger partial charge in [-0.3, -0.25) is 10.1 Å². The second kappa shape index (κ2) is 7.45.